The highest BCUT2D eigenvalue weighted by atomic mass is 35.5. The molecule has 0 radical (unpaired) electrons. The lowest BCUT2D eigenvalue weighted by Crippen LogP contribution is -2.33. The maximum absolute atomic E-state index is 11.0. The number of anilines is 1. The van der Waals surface area contributed by atoms with E-state index in [1.807, 2.05) is 5.38 Å². The van der Waals surface area contributed by atoms with Crippen molar-refractivity contribution in [2.24, 2.45) is 0 Å². The lowest BCUT2D eigenvalue weighted by molar-refractivity contribution is -0.119. The van der Waals surface area contributed by atoms with Crippen LogP contribution in [0.2, 0.25) is 5.15 Å². The Morgan fingerprint density at radius 3 is 2.69 bits per heavy atom. The topological polar surface area (TPSA) is 33.2 Å². The van der Waals surface area contributed by atoms with Gasteiger partial charge in [-0.2, -0.15) is 0 Å². The predicted molar refractivity (Wildman–Crippen MR) is 53.6 cm³/mol. The van der Waals surface area contributed by atoms with Crippen LogP contribution in [0.3, 0.4) is 0 Å². The summed E-state index contributed by atoms with van der Waals surface area (Å²) in [5.74, 6) is 0.346. The number of nitrogens with zero attached hydrogens (tertiary/aromatic N) is 2. The van der Waals surface area contributed by atoms with E-state index in [2.05, 4.69) is 9.88 Å². The van der Waals surface area contributed by atoms with E-state index in [0.29, 0.717) is 23.8 Å². The van der Waals surface area contributed by atoms with E-state index < -0.39 is 0 Å². The Kier molecular flexibility index (Phi) is 2.51. The molecule has 0 aliphatic carbocycles. The first-order valence-corrected chi connectivity index (χ1v) is 5.39. The molecular weight excluding hydrogens is 208 g/mol. The molecule has 0 N–H and O–H groups in total. The smallest absolute Gasteiger partial charge is 0.186 e. The van der Waals surface area contributed by atoms with Crippen molar-refractivity contribution in [2.75, 3.05) is 18.0 Å². The number of hydrogen-bond donors (Lipinski definition) is 0. The summed E-state index contributed by atoms with van der Waals surface area (Å²) in [6.45, 7) is 1.56. The van der Waals surface area contributed by atoms with Gasteiger partial charge in [0.15, 0.2) is 5.13 Å². The Morgan fingerprint density at radius 1 is 1.46 bits per heavy atom. The predicted octanol–water partition coefficient (Wildman–Crippen LogP) is 1.97. The molecular formula is C8H9ClN2OS. The van der Waals surface area contributed by atoms with Crippen molar-refractivity contribution in [1.29, 1.82) is 0 Å². The molecule has 0 unspecified atom stereocenters. The second-order valence-electron chi connectivity index (χ2n) is 2.98. The first-order chi connectivity index (χ1) is 6.25. The first-order valence-electron chi connectivity index (χ1n) is 4.13. The van der Waals surface area contributed by atoms with Crippen LogP contribution in [0.25, 0.3) is 0 Å². The third-order valence-electron chi connectivity index (χ3n) is 2.06. The highest BCUT2D eigenvalue weighted by Gasteiger charge is 2.18. The van der Waals surface area contributed by atoms with E-state index >= 15 is 0 Å². The number of carbonyl (C=O) groups is 1. The monoisotopic (exact) mass is 216 g/mol. The van der Waals surface area contributed by atoms with Gasteiger partial charge >= 0.3 is 0 Å². The quantitative estimate of drug-likeness (QED) is 0.720. The van der Waals surface area contributed by atoms with Gasteiger partial charge in [-0.3, -0.25) is 4.79 Å². The molecule has 1 saturated heterocycles. The molecule has 2 heterocycles. The molecule has 5 heteroatoms. The van der Waals surface area contributed by atoms with Crippen molar-refractivity contribution in [2.45, 2.75) is 12.8 Å². The number of thiazole rings is 1. The lowest BCUT2D eigenvalue weighted by Gasteiger charge is -2.24. The zero-order valence-electron chi connectivity index (χ0n) is 6.99. The van der Waals surface area contributed by atoms with E-state index in [1.165, 1.54) is 11.3 Å². The van der Waals surface area contributed by atoms with Gasteiger partial charge in [0.1, 0.15) is 10.9 Å². The van der Waals surface area contributed by atoms with Crippen LogP contribution in [0, 0.1) is 0 Å². The average molecular weight is 217 g/mol. The average Bonchev–Trinajstić information content (AvgIpc) is 2.53. The van der Waals surface area contributed by atoms with Crippen molar-refractivity contribution >= 4 is 33.9 Å². The van der Waals surface area contributed by atoms with Gasteiger partial charge in [0.25, 0.3) is 0 Å². The molecule has 1 aromatic heterocycles. The van der Waals surface area contributed by atoms with Crippen molar-refractivity contribution in [1.82, 2.24) is 4.98 Å². The van der Waals surface area contributed by atoms with E-state index in [1.54, 1.807) is 0 Å². The van der Waals surface area contributed by atoms with Crippen molar-refractivity contribution in [3.8, 4) is 0 Å². The minimum atomic E-state index is 0.346. The van der Waals surface area contributed by atoms with Gasteiger partial charge in [-0.15, -0.1) is 11.3 Å². The van der Waals surface area contributed by atoms with Gasteiger partial charge in [0, 0.05) is 31.3 Å². The third kappa shape index (κ3) is 2.00. The molecule has 0 spiro atoms. The van der Waals surface area contributed by atoms with Gasteiger partial charge in [0.2, 0.25) is 0 Å². The first kappa shape index (κ1) is 8.97. The van der Waals surface area contributed by atoms with Crippen LogP contribution < -0.4 is 4.90 Å². The largest absolute Gasteiger partial charge is 0.347 e. The summed E-state index contributed by atoms with van der Waals surface area (Å²) < 4.78 is 0. The Bertz CT molecular complexity index is 316. The Hall–Kier alpha value is -0.610. The molecule has 0 atom stereocenters. The maximum Gasteiger partial charge on any atom is 0.186 e. The van der Waals surface area contributed by atoms with Crippen LogP contribution in [0.4, 0.5) is 5.13 Å². The minimum absolute atomic E-state index is 0.346. The number of carbonyl (C=O) groups excluding carboxylic acids is 1. The summed E-state index contributed by atoms with van der Waals surface area (Å²) in [5.41, 5.74) is 0. The lowest BCUT2D eigenvalue weighted by atomic mass is 10.1. The molecule has 0 saturated carbocycles. The van der Waals surface area contributed by atoms with E-state index in [0.717, 1.165) is 18.2 Å². The van der Waals surface area contributed by atoms with Gasteiger partial charge in [-0.1, -0.05) is 11.6 Å². The number of Topliss-reactive ketones (excluding diaryl/α,β-unsaturated/α-hetero) is 1. The summed E-state index contributed by atoms with van der Waals surface area (Å²) >= 11 is 7.24. The zero-order valence-corrected chi connectivity index (χ0v) is 8.57. The molecule has 2 rings (SSSR count). The number of halogens is 1. The normalized spacial score (nSPS) is 17.9. The minimum Gasteiger partial charge on any atom is -0.347 e. The van der Waals surface area contributed by atoms with E-state index in [4.69, 9.17) is 11.6 Å². The summed E-state index contributed by atoms with van der Waals surface area (Å²) in [5, 5.41) is 3.28. The van der Waals surface area contributed by atoms with Crippen molar-refractivity contribution in [3.05, 3.63) is 10.5 Å². The number of ketones is 1. The van der Waals surface area contributed by atoms with Gasteiger partial charge in [0.05, 0.1) is 0 Å². The molecule has 3 nitrogen and oxygen atoms in total. The van der Waals surface area contributed by atoms with Crippen molar-refractivity contribution in [3.63, 3.8) is 0 Å². The number of piperidine rings is 1. The second-order valence-corrected chi connectivity index (χ2v) is 4.20. The molecule has 1 fully saturated rings. The van der Waals surface area contributed by atoms with Gasteiger partial charge in [-0.25, -0.2) is 4.98 Å². The molecule has 1 aromatic rings. The number of hydrogen-bond acceptors (Lipinski definition) is 4. The van der Waals surface area contributed by atoms with Crippen LogP contribution in [0.1, 0.15) is 12.8 Å². The zero-order chi connectivity index (χ0) is 9.26. The van der Waals surface area contributed by atoms with Gasteiger partial charge in [-0.05, 0) is 0 Å². The standard InChI is InChI=1S/C8H9ClN2OS/c9-7-5-13-8(10-7)11-3-1-6(12)2-4-11/h5H,1-4H2. The second kappa shape index (κ2) is 3.64. The van der Waals surface area contributed by atoms with Crippen LogP contribution in [-0.2, 0) is 4.79 Å². The summed E-state index contributed by atoms with van der Waals surface area (Å²) in [4.78, 5) is 17.2. The molecule has 1 aliphatic rings. The van der Waals surface area contributed by atoms with Crippen LogP contribution >= 0.6 is 22.9 Å². The van der Waals surface area contributed by atoms with Crippen molar-refractivity contribution < 1.29 is 4.79 Å². The highest BCUT2D eigenvalue weighted by Crippen LogP contribution is 2.25. The number of rotatable bonds is 1. The summed E-state index contributed by atoms with van der Waals surface area (Å²) in [6, 6.07) is 0. The van der Waals surface area contributed by atoms with Gasteiger partial charge < -0.3 is 4.90 Å². The molecule has 70 valence electrons. The summed E-state index contributed by atoms with van der Waals surface area (Å²) in [6.07, 6.45) is 1.27. The van der Waals surface area contributed by atoms with Crippen LogP contribution in [-0.4, -0.2) is 23.9 Å². The Morgan fingerprint density at radius 2 is 2.15 bits per heavy atom. The molecule has 0 amide bonds. The van der Waals surface area contributed by atoms with E-state index in [9.17, 15) is 4.79 Å². The summed E-state index contributed by atoms with van der Waals surface area (Å²) in [7, 11) is 0. The highest BCUT2D eigenvalue weighted by molar-refractivity contribution is 7.14. The van der Waals surface area contributed by atoms with Crippen LogP contribution in [0.5, 0.6) is 0 Å². The van der Waals surface area contributed by atoms with Crippen LogP contribution in [0.15, 0.2) is 5.38 Å². The molecule has 1 aliphatic heterocycles. The third-order valence-corrected chi connectivity index (χ3v) is 3.28. The number of aromatic nitrogens is 1. The fourth-order valence-electron chi connectivity index (χ4n) is 1.34. The SMILES string of the molecule is O=C1CCN(c2nc(Cl)cs2)CC1. The maximum atomic E-state index is 11.0. The fourth-order valence-corrected chi connectivity index (χ4v) is 2.34. The Balaban J connectivity index is 2.06. The molecule has 13 heavy (non-hydrogen) atoms. The fraction of sp³-hybridized carbons (Fsp3) is 0.500. The molecule has 0 bridgehead atoms. The molecule has 0 aromatic carbocycles. The van der Waals surface area contributed by atoms with E-state index in [-0.39, 0.29) is 0 Å². The Labute approximate surface area is 85.3 Å².